The quantitative estimate of drug-likeness (QED) is 0.817. The summed E-state index contributed by atoms with van der Waals surface area (Å²) in [6, 6.07) is 0. The average Bonchev–Trinajstić information content (AvgIpc) is 2.70. The number of aromatic nitrogens is 2. The fraction of sp³-hybridized carbons (Fsp3) is 0.769. The third-order valence-corrected chi connectivity index (χ3v) is 4.02. The lowest BCUT2D eigenvalue weighted by Crippen LogP contribution is -2.50. The number of likely N-dealkylation sites (N-methyl/N-ethyl adjacent to an activating group) is 1. The van der Waals surface area contributed by atoms with Gasteiger partial charge in [0.1, 0.15) is 5.82 Å². The van der Waals surface area contributed by atoms with Crippen molar-refractivity contribution in [2.45, 2.75) is 44.8 Å². The van der Waals surface area contributed by atoms with Crippen LogP contribution in [-0.4, -0.2) is 45.3 Å². The van der Waals surface area contributed by atoms with Gasteiger partial charge < -0.3 is 14.6 Å². The number of hydrogen-bond donors (Lipinski definition) is 1. The van der Waals surface area contributed by atoms with Crippen LogP contribution in [0, 0.1) is 0 Å². The van der Waals surface area contributed by atoms with E-state index in [9.17, 15) is 5.11 Å². The van der Waals surface area contributed by atoms with Crippen molar-refractivity contribution < 1.29 is 5.11 Å². The Balaban J connectivity index is 2.60. The molecule has 1 N–H and O–H groups in total. The molecule has 0 fully saturated rings. The number of imidazole rings is 1. The van der Waals surface area contributed by atoms with Gasteiger partial charge in [0.25, 0.3) is 0 Å². The predicted molar refractivity (Wildman–Crippen MR) is 69.9 cm³/mol. The highest BCUT2D eigenvalue weighted by molar-refractivity contribution is 4.95. The van der Waals surface area contributed by atoms with Crippen molar-refractivity contribution in [2.75, 3.05) is 14.1 Å². The highest BCUT2D eigenvalue weighted by Crippen LogP contribution is 2.24. The molecule has 2 unspecified atom stereocenters. The van der Waals surface area contributed by atoms with Gasteiger partial charge in [-0.25, -0.2) is 4.98 Å². The van der Waals surface area contributed by atoms with Crippen molar-refractivity contribution in [1.82, 2.24) is 14.5 Å². The van der Waals surface area contributed by atoms with Crippen LogP contribution in [-0.2, 0) is 13.5 Å². The van der Waals surface area contributed by atoms with Gasteiger partial charge in [0.05, 0.1) is 6.10 Å². The van der Waals surface area contributed by atoms with Crippen molar-refractivity contribution in [3.63, 3.8) is 0 Å². The Hall–Kier alpha value is -0.870. The summed E-state index contributed by atoms with van der Waals surface area (Å²) in [5.41, 5.74) is -0.162. The van der Waals surface area contributed by atoms with Gasteiger partial charge in [0.2, 0.25) is 0 Å². The molecular formula is C13H25N3O. The maximum absolute atomic E-state index is 10.3. The van der Waals surface area contributed by atoms with E-state index in [2.05, 4.69) is 23.7 Å². The van der Waals surface area contributed by atoms with E-state index in [1.54, 1.807) is 6.20 Å². The molecule has 0 spiro atoms. The van der Waals surface area contributed by atoms with Gasteiger partial charge in [-0.05, 0) is 33.9 Å². The van der Waals surface area contributed by atoms with Gasteiger partial charge >= 0.3 is 0 Å². The van der Waals surface area contributed by atoms with E-state index in [0.29, 0.717) is 0 Å². The topological polar surface area (TPSA) is 41.3 Å². The first-order chi connectivity index (χ1) is 7.91. The summed E-state index contributed by atoms with van der Waals surface area (Å²) in [5.74, 6) is 1.03. The average molecular weight is 239 g/mol. The molecule has 98 valence electrons. The zero-order valence-corrected chi connectivity index (χ0v) is 11.6. The van der Waals surface area contributed by atoms with E-state index in [1.807, 2.05) is 31.9 Å². The minimum atomic E-state index is -0.334. The molecule has 0 aliphatic rings. The van der Waals surface area contributed by atoms with E-state index in [4.69, 9.17) is 0 Å². The monoisotopic (exact) mass is 239 g/mol. The molecule has 0 aliphatic heterocycles. The molecule has 0 saturated carbocycles. The van der Waals surface area contributed by atoms with E-state index in [0.717, 1.165) is 25.1 Å². The second-order valence-electron chi connectivity index (χ2n) is 5.11. The predicted octanol–water partition coefficient (Wildman–Crippen LogP) is 1.44. The molecule has 0 bridgehead atoms. The van der Waals surface area contributed by atoms with Crippen LogP contribution in [0.25, 0.3) is 0 Å². The number of aliphatic hydroxyl groups excluding tert-OH is 1. The zero-order valence-electron chi connectivity index (χ0n) is 11.6. The Bertz CT molecular complexity index is 348. The van der Waals surface area contributed by atoms with Gasteiger partial charge in [0.15, 0.2) is 0 Å². The summed E-state index contributed by atoms with van der Waals surface area (Å²) in [6.07, 6.45) is 5.89. The first-order valence-corrected chi connectivity index (χ1v) is 6.23. The molecular weight excluding hydrogens is 214 g/mol. The summed E-state index contributed by atoms with van der Waals surface area (Å²) in [4.78, 5) is 6.39. The van der Waals surface area contributed by atoms with Crippen LogP contribution in [0.1, 0.15) is 32.5 Å². The van der Waals surface area contributed by atoms with Gasteiger partial charge in [-0.15, -0.1) is 0 Å². The van der Waals surface area contributed by atoms with Gasteiger partial charge in [-0.3, -0.25) is 0 Å². The smallest absolute Gasteiger partial charge is 0.108 e. The summed E-state index contributed by atoms with van der Waals surface area (Å²) >= 11 is 0. The second-order valence-corrected chi connectivity index (χ2v) is 5.11. The van der Waals surface area contributed by atoms with Crippen LogP contribution >= 0.6 is 0 Å². The molecule has 1 aromatic heterocycles. The Labute approximate surface area is 104 Å². The number of aryl methyl sites for hydroxylation is 2. The van der Waals surface area contributed by atoms with Crippen molar-refractivity contribution in [1.29, 1.82) is 0 Å². The molecule has 1 rings (SSSR count). The van der Waals surface area contributed by atoms with E-state index in [-0.39, 0.29) is 11.6 Å². The van der Waals surface area contributed by atoms with Gasteiger partial charge in [0, 0.05) is 31.4 Å². The molecule has 0 aromatic carbocycles. The van der Waals surface area contributed by atoms with Crippen LogP contribution in [0.15, 0.2) is 12.4 Å². The summed E-state index contributed by atoms with van der Waals surface area (Å²) in [7, 11) is 6.03. The van der Waals surface area contributed by atoms with Gasteiger partial charge in [-0.1, -0.05) is 6.92 Å². The maximum atomic E-state index is 10.3. The van der Waals surface area contributed by atoms with Crippen molar-refractivity contribution >= 4 is 0 Å². The lowest BCUT2D eigenvalue weighted by molar-refractivity contribution is -0.00250. The van der Waals surface area contributed by atoms with Crippen molar-refractivity contribution in [3.8, 4) is 0 Å². The standard InChI is InChI=1S/C13H25N3O/c1-6-13(2,15(3)4)11(17)7-8-12-14-9-10-16(12)5/h9-11,17H,6-8H2,1-5H3. The molecule has 0 radical (unpaired) electrons. The molecule has 17 heavy (non-hydrogen) atoms. The van der Waals surface area contributed by atoms with Gasteiger partial charge in [-0.2, -0.15) is 0 Å². The van der Waals surface area contributed by atoms with Crippen LogP contribution in [0.4, 0.5) is 0 Å². The molecule has 2 atom stereocenters. The Morgan fingerprint density at radius 2 is 2.18 bits per heavy atom. The summed E-state index contributed by atoms with van der Waals surface area (Å²) < 4.78 is 2.01. The maximum Gasteiger partial charge on any atom is 0.108 e. The summed E-state index contributed by atoms with van der Waals surface area (Å²) in [6.45, 7) is 4.22. The lowest BCUT2D eigenvalue weighted by atomic mass is 9.87. The molecule has 0 saturated heterocycles. The molecule has 4 nitrogen and oxygen atoms in total. The van der Waals surface area contributed by atoms with Crippen LogP contribution < -0.4 is 0 Å². The van der Waals surface area contributed by atoms with Crippen LogP contribution in [0.5, 0.6) is 0 Å². The molecule has 0 amide bonds. The minimum absolute atomic E-state index is 0.162. The van der Waals surface area contributed by atoms with Crippen LogP contribution in [0.3, 0.4) is 0 Å². The Kier molecular flexibility index (Phi) is 4.71. The Morgan fingerprint density at radius 1 is 1.53 bits per heavy atom. The highest BCUT2D eigenvalue weighted by atomic mass is 16.3. The van der Waals surface area contributed by atoms with Crippen molar-refractivity contribution in [3.05, 3.63) is 18.2 Å². The first kappa shape index (κ1) is 14.2. The number of nitrogens with zero attached hydrogens (tertiary/aromatic N) is 3. The molecule has 1 aromatic rings. The third-order valence-electron chi connectivity index (χ3n) is 4.02. The Morgan fingerprint density at radius 3 is 2.59 bits per heavy atom. The lowest BCUT2D eigenvalue weighted by Gasteiger charge is -2.40. The van der Waals surface area contributed by atoms with E-state index >= 15 is 0 Å². The van der Waals surface area contributed by atoms with Crippen molar-refractivity contribution in [2.24, 2.45) is 7.05 Å². The molecule has 4 heteroatoms. The van der Waals surface area contributed by atoms with E-state index < -0.39 is 0 Å². The normalized spacial score (nSPS) is 17.1. The van der Waals surface area contributed by atoms with E-state index in [1.165, 1.54) is 0 Å². The summed E-state index contributed by atoms with van der Waals surface area (Å²) in [5, 5.41) is 10.3. The fourth-order valence-electron chi connectivity index (χ4n) is 2.06. The second kappa shape index (κ2) is 5.65. The SMILES string of the molecule is CCC(C)(C(O)CCc1nccn1C)N(C)C. The largest absolute Gasteiger partial charge is 0.391 e. The zero-order chi connectivity index (χ0) is 13.1. The fourth-order valence-corrected chi connectivity index (χ4v) is 2.06. The molecule has 0 aliphatic carbocycles. The first-order valence-electron chi connectivity index (χ1n) is 6.23. The van der Waals surface area contributed by atoms with Crippen LogP contribution in [0.2, 0.25) is 0 Å². The number of hydrogen-bond acceptors (Lipinski definition) is 3. The highest BCUT2D eigenvalue weighted by Gasteiger charge is 2.33. The number of rotatable bonds is 6. The third kappa shape index (κ3) is 3.07. The number of aliphatic hydroxyl groups is 1. The molecule has 1 heterocycles. The minimum Gasteiger partial charge on any atom is -0.391 e.